The van der Waals surface area contributed by atoms with Crippen molar-refractivity contribution < 1.29 is 13.9 Å². The van der Waals surface area contributed by atoms with Gasteiger partial charge < -0.3 is 14.0 Å². The van der Waals surface area contributed by atoms with E-state index in [0.717, 1.165) is 16.9 Å². The van der Waals surface area contributed by atoms with Crippen LogP contribution in [-0.2, 0) is 22.6 Å². The first-order valence-electron chi connectivity index (χ1n) is 10.4. The van der Waals surface area contributed by atoms with Crippen LogP contribution in [0.25, 0.3) is 17.1 Å². The Balaban J connectivity index is 1.49. The van der Waals surface area contributed by atoms with Gasteiger partial charge in [0.05, 0.1) is 17.9 Å². The summed E-state index contributed by atoms with van der Waals surface area (Å²) in [6.07, 6.45) is 1.73. The first kappa shape index (κ1) is 20.1. The zero-order valence-electron chi connectivity index (χ0n) is 17.6. The Bertz CT molecular complexity index is 1410. The van der Waals surface area contributed by atoms with E-state index in [9.17, 15) is 4.39 Å². The quantitative estimate of drug-likeness (QED) is 0.402. The van der Waals surface area contributed by atoms with Crippen LogP contribution in [0.4, 0.5) is 4.39 Å². The predicted octanol–water partition coefficient (Wildman–Crippen LogP) is 3.95. The summed E-state index contributed by atoms with van der Waals surface area (Å²) < 4.78 is 29.5. The summed E-state index contributed by atoms with van der Waals surface area (Å²) in [5.74, 6) is 1.45. The highest BCUT2D eigenvalue weighted by Gasteiger charge is 2.31. The van der Waals surface area contributed by atoms with Crippen LogP contribution in [0.1, 0.15) is 28.8 Å². The van der Waals surface area contributed by atoms with E-state index >= 15 is 0 Å². The molecule has 0 aliphatic carbocycles. The molecule has 6 rings (SSSR count). The third-order valence-electron chi connectivity index (χ3n) is 5.85. The standard InChI is InChI=1S/C23H18ClFN6O2/c1-32-11-20-28-29-22-15-8-13(24)6-7-18(15)31-12-26-21(19(31)9-30(20)22)23-27-17(10-33-23)14-4-2-3-5-16(14)25/h2-8,12,17H,9-11H2,1H3. The molecule has 0 amide bonds. The Labute approximate surface area is 193 Å². The van der Waals surface area contributed by atoms with E-state index in [2.05, 4.69) is 20.2 Å². The summed E-state index contributed by atoms with van der Waals surface area (Å²) in [6.45, 7) is 0.982. The molecule has 33 heavy (non-hydrogen) atoms. The van der Waals surface area contributed by atoms with Crippen molar-refractivity contribution in [2.45, 2.75) is 19.2 Å². The molecule has 0 bridgehead atoms. The molecule has 0 radical (unpaired) electrons. The van der Waals surface area contributed by atoms with Gasteiger partial charge >= 0.3 is 0 Å². The van der Waals surface area contributed by atoms with Gasteiger partial charge in [0.25, 0.3) is 0 Å². The van der Waals surface area contributed by atoms with Gasteiger partial charge in [-0.25, -0.2) is 14.4 Å². The van der Waals surface area contributed by atoms with Crippen molar-refractivity contribution >= 4 is 17.5 Å². The van der Waals surface area contributed by atoms with E-state index in [0.29, 0.717) is 47.0 Å². The number of fused-ring (bicyclic) bond motifs is 5. The van der Waals surface area contributed by atoms with Gasteiger partial charge in [0.1, 0.15) is 37.1 Å². The molecule has 4 heterocycles. The molecule has 0 spiro atoms. The van der Waals surface area contributed by atoms with Gasteiger partial charge in [0, 0.05) is 23.3 Å². The van der Waals surface area contributed by atoms with Gasteiger partial charge in [0.2, 0.25) is 5.90 Å². The van der Waals surface area contributed by atoms with Crippen molar-refractivity contribution in [2.24, 2.45) is 4.99 Å². The molecule has 0 saturated carbocycles. The fourth-order valence-electron chi connectivity index (χ4n) is 4.30. The van der Waals surface area contributed by atoms with Crippen LogP contribution in [-0.4, -0.2) is 43.9 Å². The molecular weight excluding hydrogens is 447 g/mol. The number of nitrogens with zero attached hydrogens (tertiary/aromatic N) is 6. The normalized spacial score (nSPS) is 16.5. The Kier molecular flexibility index (Phi) is 4.74. The minimum absolute atomic E-state index is 0.252. The zero-order chi connectivity index (χ0) is 22.5. The second-order valence-corrected chi connectivity index (χ2v) is 8.25. The van der Waals surface area contributed by atoms with Gasteiger partial charge in [-0.1, -0.05) is 29.8 Å². The second-order valence-electron chi connectivity index (χ2n) is 7.81. The van der Waals surface area contributed by atoms with Gasteiger partial charge in [-0.15, -0.1) is 10.2 Å². The number of halogens is 2. The molecule has 1 unspecified atom stereocenters. The van der Waals surface area contributed by atoms with E-state index in [1.165, 1.54) is 6.07 Å². The average molecular weight is 465 g/mol. The van der Waals surface area contributed by atoms with Crippen LogP contribution in [0.3, 0.4) is 0 Å². The van der Waals surface area contributed by atoms with E-state index in [4.69, 9.17) is 21.1 Å². The lowest BCUT2D eigenvalue weighted by atomic mass is 10.1. The molecule has 2 aliphatic heterocycles. The zero-order valence-corrected chi connectivity index (χ0v) is 18.3. The fraction of sp³-hybridized carbons (Fsp3) is 0.217. The summed E-state index contributed by atoms with van der Waals surface area (Å²) >= 11 is 6.31. The third kappa shape index (κ3) is 3.23. The molecule has 1 atom stereocenters. The van der Waals surface area contributed by atoms with E-state index < -0.39 is 6.04 Å². The largest absolute Gasteiger partial charge is 0.474 e. The third-order valence-corrected chi connectivity index (χ3v) is 6.09. The van der Waals surface area contributed by atoms with Crippen LogP contribution < -0.4 is 0 Å². The van der Waals surface area contributed by atoms with Crippen LogP contribution in [0.5, 0.6) is 0 Å². The predicted molar refractivity (Wildman–Crippen MR) is 119 cm³/mol. The molecule has 2 aromatic carbocycles. The number of aromatic nitrogens is 5. The highest BCUT2D eigenvalue weighted by atomic mass is 35.5. The molecule has 0 N–H and O–H groups in total. The van der Waals surface area contributed by atoms with Crippen molar-refractivity contribution in [3.63, 3.8) is 0 Å². The SMILES string of the molecule is COCc1nnc2n1Cc1c(C3=NC(c4ccccc4F)CO3)ncn1-c1ccc(Cl)cc1-2. The van der Waals surface area contributed by atoms with Crippen molar-refractivity contribution in [3.8, 4) is 17.1 Å². The maximum Gasteiger partial charge on any atom is 0.238 e. The van der Waals surface area contributed by atoms with Crippen LogP contribution >= 0.6 is 11.6 Å². The minimum Gasteiger partial charge on any atom is -0.474 e. The van der Waals surface area contributed by atoms with Crippen molar-refractivity contribution in [1.29, 1.82) is 0 Å². The van der Waals surface area contributed by atoms with E-state index in [1.54, 1.807) is 31.6 Å². The lowest BCUT2D eigenvalue weighted by Gasteiger charge is -2.09. The number of hydrogen-bond donors (Lipinski definition) is 0. The average Bonchev–Trinajstić information content (AvgIpc) is 3.53. The van der Waals surface area contributed by atoms with E-state index in [1.807, 2.05) is 27.3 Å². The van der Waals surface area contributed by atoms with Crippen LogP contribution in [0, 0.1) is 5.82 Å². The highest BCUT2D eigenvalue weighted by Crippen LogP contribution is 2.35. The highest BCUT2D eigenvalue weighted by molar-refractivity contribution is 6.31. The summed E-state index contributed by atoms with van der Waals surface area (Å²) in [5.41, 5.74) is 3.65. The minimum atomic E-state index is -0.426. The van der Waals surface area contributed by atoms with Crippen molar-refractivity contribution in [2.75, 3.05) is 13.7 Å². The first-order chi connectivity index (χ1) is 16.1. The summed E-state index contributed by atoms with van der Waals surface area (Å²) in [6, 6.07) is 11.8. The monoisotopic (exact) mass is 464 g/mol. The number of methoxy groups -OCH3 is 1. The molecule has 4 aromatic rings. The smallest absolute Gasteiger partial charge is 0.238 e. The topological polar surface area (TPSA) is 79.3 Å². The Morgan fingerprint density at radius 2 is 2.09 bits per heavy atom. The maximum atomic E-state index is 14.3. The number of rotatable bonds is 4. The number of imidazole rings is 1. The van der Waals surface area contributed by atoms with Crippen molar-refractivity contribution in [3.05, 3.63) is 82.4 Å². The van der Waals surface area contributed by atoms with Gasteiger partial charge in [-0.05, 0) is 24.3 Å². The molecule has 0 saturated heterocycles. The number of benzene rings is 2. The molecular formula is C23H18ClFN6O2. The second kappa shape index (κ2) is 7.79. The molecule has 10 heteroatoms. The number of hydrogen-bond acceptors (Lipinski definition) is 6. The number of ether oxygens (including phenoxy) is 2. The first-order valence-corrected chi connectivity index (χ1v) is 10.7. The van der Waals surface area contributed by atoms with E-state index in [-0.39, 0.29) is 12.4 Å². The summed E-state index contributed by atoms with van der Waals surface area (Å²) in [5, 5.41) is 9.32. The van der Waals surface area contributed by atoms with Gasteiger partial charge in [-0.2, -0.15) is 0 Å². The Morgan fingerprint density at radius 3 is 2.94 bits per heavy atom. The van der Waals surface area contributed by atoms with Crippen LogP contribution in [0.2, 0.25) is 5.02 Å². The maximum absolute atomic E-state index is 14.3. The van der Waals surface area contributed by atoms with Crippen LogP contribution in [0.15, 0.2) is 53.8 Å². The lowest BCUT2D eigenvalue weighted by molar-refractivity contribution is 0.174. The summed E-state index contributed by atoms with van der Waals surface area (Å²) in [7, 11) is 1.61. The lowest BCUT2D eigenvalue weighted by Crippen LogP contribution is -2.13. The Hall–Kier alpha value is -3.56. The molecule has 2 aromatic heterocycles. The van der Waals surface area contributed by atoms with Gasteiger partial charge in [0.15, 0.2) is 11.6 Å². The Morgan fingerprint density at radius 1 is 1.21 bits per heavy atom. The molecule has 0 fully saturated rings. The van der Waals surface area contributed by atoms with Crippen molar-refractivity contribution in [1.82, 2.24) is 24.3 Å². The van der Waals surface area contributed by atoms with Gasteiger partial charge in [-0.3, -0.25) is 4.57 Å². The molecule has 166 valence electrons. The summed E-state index contributed by atoms with van der Waals surface area (Å²) in [4.78, 5) is 9.29. The number of aliphatic imine (C=N–C) groups is 1. The molecule has 2 aliphatic rings. The molecule has 8 nitrogen and oxygen atoms in total. The fourth-order valence-corrected chi connectivity index (χ4v) is 4.48.